The average molecular weight is 342 g/mol. The quantitative estimate of drug-likeness (QED) is 0.744. The molecule has 0 amide bonds. The molecule has 0 aliphatic carbocycles. The lowest BCUT2D eigenvalue weighted by Crippen LogP contribution is -2.16. The Morgan fingerprint density at radius 3 is 3.14 bits per heavy atom. The van der Waals surface area contributed by atoms with Crippen molar-refractivity contribution in [2.45, 2.75) is 30.6 Å². The van der Waals surface area contributed by atoms with Gasteiger partial charge in [-0.25, -0.2) is 0 Å². The molecule has 1 unspecified atom stereocenters. The van der Waals surface area contributed by atoms with Crippen LogP contribution in [0.25, 0.3) is 10.7 Å². The molecule has 1 aliphatic rings. The van der Waals surface area contributed by atoms with Crippen molar-refractivity contribution in [1.82, 2.24) is 14.8 Å². The summed E-state index contributed by atoms with van der Waals surface area (Å²) < 4.78 is 7.90. The van der Waals surface area contributed by atoms with E-state index in [1.54, 1.807) is 23.1 Å². The molecule has 1 saturated heterocycles. The molecule has 1 aliphatic heterocycles. The Morgan fingerprint density at radius 2 is 2.48 bits per heavy atom. The number of aromatic nitrogens is 3. The monoisotopic (exact) mass is 341 g/mol. The molecule has 21 heavy (non-hydrogen) atoms. The summed E-state index contributed by atoms with van der Waals surface area (Å²) in [5.41, 5.74) is 0. The lowest BCUT2D eigenvalue weighted by atomic mass is 10.2. The maximum atomic E-state index is 5.86. The standard InChI is InChI=1S/C14H16ClN3OS2/c1-10(15)9-21-14-17-16-13(12-5-3-7-20-12)18(14)8-11-4-2-6-19-11/h3,5,7,11H,1-2,4,6,8-9H2. The predicted octanol–water partition coefficient (Wildman–Crippen LogP) is 4.03. The summed E-state index contributed by atoms with van der Waals surface area (Å²) in [5.74, 6) is 1.54. The zero-order valence-electron chi connectivity index (χ0n) is 11.5. The predicted molar refractivity (Wildman–Crippen MR) is 88.0 cm³/mol. The van der Waals surface area contributed by atoms with Gasteiger partial charge < -0.3 is 4.74 Å². The molecule has 2 aromatic rings. The third-order valence-corrected chi connectivity index (χ3v) is 5.44. The number of hydrogen-bond donors (Lipinski definition) is 0. The van der Waals surface area contributed by atoms with E-state index in [4.69, 9.17) is 16.3 Å². The molecule has 0 bridgehead atoms. The minimum Gasteiger partial charge on any atom is -0.376 e. The van der Waals surface area contributed by atoms with Gasteiger partial charge in [0.25, 0.3) is 0 Å². The van der Waals surface area contributed by atoms with Crippen molar-refractivity contribution in [3.05, 3.63) is 29.1 Å². The Morgan fingerprint density at radius 1 is 1.57 bits per heavy atom. The first kappa shape index (κ1) is 15.1. The Hall–Kier alpha value is -0.820. The van der Waals surface area contributed by atoms with E-state index in [0.29, 0.717) is 10.8 Å². The average Bonchev–Trinajstić information content (AvgIpc) is 3.18. The number of hydrogen-bond acceptors (Lipinski definition) is 5. The van der Waals surface area contributed by atoms with Crippen LogP contribution in [0.2, 0.25) is 0 Å². The van der Waals surface area contributed by atoms with Crippen LogP contribution in [0.4, 0.5) is 0 Å². The third-order valence-electron chi connectivity index (χ3n) is 3.23. The van der Waals surface area contributed by atoms with Crippen LogP contribution in [-0.4, -0.2) is 33.2 Å². The lowest BCUT2D eigenvalue weighted by Gasteiger charge is -2.14. The van der Waals surface area contributed by atoms with Crippen LogP contribution in [0.15, 0.2) is 34.3 Å². The number of ether oxygens (including phenoxy) is 1. The second-order valence-corrected chi connectivity index (χ2v) is 7.26. The van der Waals surface area contributed by atoms with Gasteiger partial charge in [-0.1, -0.05) is 36.0 Å². The molecule has 1 atom stereocenters. The van der Waals surface area contributed by atoms with Crippen molar-refractivity contribution in [2.24, 2.45) is 0 Å². The summed E-state index contributed by atoms with van der Waals surface area (Å²) in [6.07, 6.45) is 2.47. The molecule has 4 nitrogen and oxygen atoms in total. The molecule has 2 aromatic heterocycles. The zero-order chi connectivity index (χ0) is 14.7. The van der Waals surface area contributed by atoms with Crippen LogP contribution in [0, 0.1) is 0 Å². The van der Waals surface area contributed by atoms with Crippen molar-refractivity contribution < 1.29 is 4.74 Å². The molecular formula is C14H16ClN3OS2. The molecule has 0 saturated carbocycles. The molecule has 3 heterocycles. The van der Waals surface area contributed by atoms with Gasteiger partial charge in [-0.05, 0) is 24.3 Å². The summed E-state index contributed by atoms with van der Waals surface area (Å²) in [4.78, 5) is 1.12. The highest BCUT2D eigenvalue weighted by Gasteiger charge is 2.22. The molecule has 0 aromatic carbocycles. The first-order chi connectivity index (χ1) is 10.2. The summed E-state index contributed by atoms with van der Waals surface area (Å²) in [7, 11) is 0. The van der Waals surface area contributed by atoms with E-state index in [0.717, 1.165) is 41.9 Å². The van der Waals surface area contributed by atoms with E-state index >= 15 is 0 Å². The topological polar surface area (TPSA) is 39.9 Å². The fraction of sp³-hybridized carbons (Fsp3) is 0.429. The van der Waals surface area contributed by atoms with Crippen molar-refractivity contribution in [3.63, 3.8) is 0 Å². The molecule has 0 spiro atoms. The van der Waals surface area contributed by atoms with Gasteiger partial charge in [0, 0.05) is 17.4 Å². The van der Waals surface area contributed by atoms with Crippen LogP contribution in [0.1, 0.15) is 12.8 Å². The van der Waals surface area contributed by atoms with Gasteiger partial charge in [0.2, 0.25) is 0 Å². The number of thioether (sulfide) groups is 1. The molecule has 3 rings (SSSR count). The first-order valence-electron chi connectivity index (χ1n) is 6.79. The molecule has 0 radical (unpaired) electrons. The molecular weight excluding hydrogens is 326 g/mol. The largest absolute Gasteiger partial charge is 0.376 e. The van der Waals surface area contributed by atoms with Gasteiger partial charge in [-0.2, -0.15) is 0 Å². The van der Waals surface area contributed by atoms with E-state index < -0.39 is 0 Å². The van der Waals surface area contributed by atoms with Gasteiger partial charge >= 0.3 is 0 Å². The Labute approximate surface area is 137 Å². The van der Waals surface area contributed by atoms with Crippen LogP contribution >= 0.6 is 34.7 Å². The molecule has 112 valence electrons. The number of thiophene rings is 1. The second-order valence-electron chi connectivity index (χ2n) is 4.84. The van der Waals surface area contributed by atoms with Gasteiger partial charge in [-0.15, -0.1) is 21.5 Å². The third kappa shape index (κ3) is 3.69. The highest BCUT2D eigenvalue weighted by molar-refractivity contribution is 7.99. The summed E-state index contributed by atoms with van der Waals surface area (Å²) in [5, 5.41) is 12.2. The van der Waals surface area contributed by atoms with Gasteiger partial charge in [0.1, 0.15) is 0 Å². The maximum Gasteiger partial charge on any atom is 0.191 e. The van der Waals surface area contributed by atoms with Gasteiger partial charge in [0.05, 0.1) is 17.5 Å². The fourth-order valence-corrected chi connectivity index (χ4v) is 3.87. The molecule has 7 heteroatoms. The van der Waals surface area contributed by atoms with Crippen molar-refractivity contribution in [1.29, 1.82) is 0 Å². The maximum absolute atomic E-state index is 5.86. The Bertz CT molecular complexity index is 606. The normalized spacial score (nSPS) is 18.2. The van der Waals surface area contributed by atoms with E-state index in [-0.39, 0.29) is 6.10 Å². The van der Waals surface area contributed by atoms with E-state index in [2.05, 4.69) is 27.4 Å². The minimum absolute atomic E-state index is 0.248. The number of nitrogens with zero attached hydrogens (tertiary/aromatic N) is 3. The fourth-order valence-electron chi connectivity index (χ4n) is 2.28. The first-order valence-corrected chi connectivity index (χ1v) is 9.03. The van der Waals surface area contributed by atoms with Crippen LogP contribution < -0.4 is 0 Å². The highest BCUT2D eigenvalue weighted by Crippen LogP contribution is 2.29. The summed E-state index contributed by atoms with van der Waals surface area (Å²) >= 11 is 9.09. The zero-order valence-corrected chi connectivity index (χ0v) is 13.9. The summed E-state index contributed by atoms with van der Waals surface area (Å²) in [6.45, 7) is 5.36. The SMILES string of the molecule is C=C(Cl)CSc1nnc(-c2cccs2)n1CC1CCCO1. The smallest absolute Gasteiger partial charge is 0.191 e. The Balaban J connectivity index is 1.86. The van der Waals surface area contributed by atoms with Crippen LogP contribution in [-0.2, 0) is 11.3 Å². The van der Waals surface area contributed by atoms with Gasteiger partial charge in [-0.3, -0.25) is 4.57 Å². The van der Waals surface area contributed by atoms with Gasteiger partial charge in [0.15, 0.2) is 11.0 Å². The van der Waals surface area contributed by atoms with E-state index in [1.165, 1.54) is 0 Å². The number of rotatable bonds is 6. The molecule has 0 N–H and O–H groups in total. The van der Waals surface area contributed by atoms with E-state index in [1.807, 2.05) is 11.4 Å². The minimum atomic E-state index is 0.248. The van der Waals surface area contributed by atoms with Crippen molar-refractivity contribution >= 4 is 34.7 Å². The van der Waals surface area contributed by atoms with Crippen LogP contribution in [0.3, 0.4) is 0 Å². The van der Waals surface area contributed by atoms with Crippen LogP contribution in [0.5, 0.6) is 0 Å². The molecule has 1 fully saturated rings. The van der Waals surface area contributed by atoms with Crippen molar-refractivity contribution in [3.8, 4) is 10.7 Å². The second kappa shape index (κ2) is 6.96. The Kier molecular flexibility index (Phi) is 5.00. The lowest BCUT2D eigenvalue weighted by molar-refractivity contribution is 0.0953. The summed E-state index contributed by atoms with van der Waals surface area (Å²) in [6, 6.07) is 4.09. The highest BCUT2D eigenvalue weighted by atomic mass is 35.5. The van der Waals surface area contributed by atoms with Crippen molar-refractivity contribution in [2.75, 3.05) is 12.4 Å². The number of halogens is 1. The van der Waals surface area contributed by atoms with E-state index in [9.17, 15) is 0 Å².